The van der Waals surface area contributed by atoms with Crippen molar-refractivity contribution in [3.8, 4) is 11.5 Å². The first kappa shape index (κ1) is 18.5. The molecular weight excluding hydrogens is 318 g/mol. The van der Waals surface area contributed by atoms with Gasteiger partial charge in [-0.05, 0) is 37.1 Å². The number of esters is 1. The van der Waals surface area contributed by atoms with Crippen molar-refractivity contribution in [2.75, 3.05) is 6.61 Å². The van der Waals surface area contributed by atoms with Crippen LogP contribution in [0.5, 0.6) is 11.5 Å². The maximum Gasteiger partial charge on any atom is 0.342 e. The topological polar surface area (TPSA) is 64.6 Å². The summed E-state index contributed by atoms with van der Waals surface area (Å²) in [5.74, 6) is 0.385. The van der Waals surface area contributed by atoms with Gasteiger partial charge in [-0.3, -0.25) is 4.79 Å². The van der Waals surface area contributed by atoms with Crippen LogP contribution in [0.4, 0.5) is 0 Å². The molecule has 0 aromatic heterocycles. The fourth-order valence-corrected chi connectivity index (χ4v) is 2.01. The lowest BCUT2D eigenvalue weighted by Gasteiger charge is -2.17. The van der Waals surface area contributed by atoms with Crippen molar-refractivity contribution < 1.29 is 19.1 Å². The van der Waals surface area contributed by atoms with Crippen LogP contribution in [0.15, 0.2) is 54.6 Å². The highest BCUT2D eigenvalue weighted by Gasteiger charge is 2.17. The SMILES string of the molecule is CC(C)[C@H](C)NC(=O)COC(=O)c1ccccc1Oc1ccccc1. The van der Waals surface area contributed by atoms with Gasteiger partial charge >= 0.3 is 5.97 Å². The minimum absolute atomic E-state index is 0.0138. The summed E-state index contributed by atoms with van der Waals surface area (Å²) in [5, 5.41) is 2.79. The summed E-state index contributed by atoms with van der Waals surface area (Å²) in [7, 11) is 0. The zero-order chi connectivity index (χ0) is 18.2. The molecule has 0 saturated carbocycles. The summed E-state index contributed by atoms with van der Waals surface area (Å²) in [4.78, 5) is 24.1. The number of carbonyl (C=O) groups excluding carboxylic acids is 2. The number of benzene rings is 2. The number of para-hydroxylation sites is 2. The third-order valence-electron chi connectivity index (χ3n) is 3.80. The first-order valence-electron chi connectivity index (χ1n) is 8.25. The zero-order valence-corrected chi connectivity index (χ0v) is 14.7. The van der Waals surface area contributed by atoms with E-state index in [0.29, 0.717) is 17.4 Å². The Morgan fingerprint density at radius 1 is 0.960 bits per heavy atom. The van der Waals surface area contributed by atoms with E-state index in [-0.39, 0.29) is 24.1 Å². The van der Waals surface area contributed by atoms with Crippen LogP contribution in [0, 0.1) is 5.92 Å². The third kappa shape index (κ3) is 5.64. The summed E-state index contributed by atoms with van der Waals surface area (Å²) in [6.07, 6.45) is 0. The second-order valence-corrected chi connectivity index (χ2v) is 6.09. The fraction of sp³-hybridized carbons (Fsp3) is 0.300. The Labute approximate surface area is 148 Å². The summed E-state index contributed by atoms with van der Waals surface area (Å²) < 4.78 is 10.8. The number of ether oxygens (including phenoxy) is 2. The molecule has 0 fully saturated rings. The lowest BCUT2D eigenvalue weighted by atomic mass is 10.1. The molecular formula is C20H23NO4. The van der Waals surface area contributed by atoms with Gasteiger partial charge in [0.15, 0.2) is 6.61 Å². The highest BCUT2D eigenvalue weighted by atomic mass is 16.5. The highest BCUT2D eigenvalue weighted by Crippen LogP contribution is 2.25. The third-order valence-corrected chi connectivity index (χ3v) is 3.80. The van der Waals surface area contributed by atoms with Gasteiger partial charge < -0.3 is 14.8 Å². The van der Waals surface area contributed by atoms with Gasteiger partial charge in [0.1, 0.15) is 17.1 Å². The standard InChI is InChI=1S/C20H23NO4/c1-14(2)15(3)21-19(22)13-24-20(23)17-11-7-8-12-18(17)25-16-9-5-4-6-10-16/h4-12,14-15H,13H2,1-3H3,(H,21,22)/t15-/m0/s1. The fourth-order valence-electron chi connectivity index (χ4n) is 2.01. The molecule has 2 aromatic rings. The Bertz CT molecular complexity index is 713. The molecule has 25 heavy (non-hydrogen) atoms. The van der Waals surface area contributed by atoms with Crippen LogP contribution in [-0.2, 0) is 9.53 Å². The van der Waals surface area contributed by atoms with Crippen molar-refractivity contribution in [1.29, 1.82) is 0 Å². The van der Waals surface area contributed by atoms with Gasteiger partial charge in [0, 0.05) is 6.04 Å². The molecule has 0 aliphatic rings. The molecule has 0 aliphatic heterocycles. The van der Waals surface area contributed by atoms with Crippen LogP contribution in [0.3, 0.4) is 0 Å². The van der Waals surface area contributed by atoms with Crippen LogP contribution in [0.2, 0.25) is 0 Å². The summed E-state index contributed by atoms with van der Waals surface area (Å²) in [6, 6.07) is 15.9. The molecule has 132 valence electrons. The molecule has 0 bridgehead atoms. The molecule has 5 nitrogen and oxygen atoms in total. The van der Waals surface area contributed by atoms with E-state index < -0.39 is 5.97 Å². The predicted octanol–water partition coefficient (Wildman–Crippen LogP) is 3.80. The largest absolute Gasteiger partial charge is 0.456 e. The van der Waals surface area contributed by atoms with Crippen LogP contribution in [-0.4, -0.2) is 24.5 Å². The van der Waals surface area contributed by atoms with Gasteiger partial charge in [-0.25, -0.2) is 4.79 Å². The van der Waals surface area contributed by atoms with E-state index in [9.17, 15) is 9.59 Å². The van der Waals surface area contributed by atoms with Crippen molar-refractivity contribution in [1.82, 2.24) is 5.32 Å². The first-order valence-corrected chi connectivity index (χ1v) is 8.25. The Balaban J connectivity index is 1.99. The van der Waals surface area contributed by atoms with Crippen molar-refractivity contribution in [2.45, 2.75) is 26.8 Å². The van der Waals surface area contributed by atoms with E-state index in [1.807, 2.05) is 39.0 Å². The summed E-state index contributed by atoms with van der Waals surface area (Å²) in [5.41, 5.74) is 0.274. The Morgan fingerprint density at radius 2 is 1.60 bits per heavy atom. The number of amides is 1. The summed E-state index contributed by atoms with van der Waals surface area (Å²) >= 11 is 0. The lowest BCUT2D eigenvalue weighted by molar-refractivity contribution is -0.125. The predicted molar refractivity (Wildman–Crippen MR) is 95.7 cm³/mol. The van der Waals surface area contributed by atoms with Crippen LogP contribution >= 0.6 is 0 Å². The van der Waals surface area contributed by atoms with Gasteiger partial charge in [-0.15, -0.1) is 0 Å². The second-order valence-electron chi connectivity index (χ2n) is 6.09. The highest BCUT2D eigenvalue weighted by molar-refractivity contribution is 5.94. The van der Waals surface area contributed by atoms with Crippen molar-refractivity contribution in [2.24, 2.45) is 5.92 Å². The van der Waals surface area contributed by atoms with Gasteiger partial charge in [0.25, 0.3) is 5.91 Å². The zero-order valence-electron chi connectivity index (χ0n) is 14.7. The molecule has 1 atom stereocenters. The molecule has 1 N–H and O–H groups in total. The smallest absolute Gasteiger partial charge is 0.342 e. The Morgan fingerprint density at radius 3 is 2.28 bits per heavy atom. The van der Waals surface area contributed by atoms with Crippen molar-refractivity contribution in [3.63, 3.8) is 0 Å². The van der Waals surface area contributed by atoms with Crippen molar-refractivity contribution in [3.05, 3.63) is 60.2 Å². The van der Waals surface area contributed by atoms with Crippen LogP contribution in [0.1, 0.15) is 31.1 Å². The van der Waals surface area contributed by atoms with E-state index >= 15 is 0 Å². The van der Waals surface area contributed by atoms with Gasteiger partial charge in [0.2, 0.25) is 0 Å². The molecule has 0 unspecified atom stereocenters. The molecule has 2 aromatic carbocycles. The van der Waals surface area contributed by atoms with E-state index in [1.165, 1.54) is 0 Å². The number of hydrogen-bond acceptors (Lipinski definition) is 4. The van der Waals surface area contributed by atoms with Gasteiger partial charge in [-0.1, -0.05) is 44.2 Å². The average Bonchev–Trinajstić information content (AvgIpc) is 2.61. The quantitative estimate of drug-likeness (QED) is 0.778. The van der Waals surface area contributed by atoms with Gasteiger partial charge in [-0.2, -0.15) is 0 Å². The average molecular weight is 341 g/mol. The van der Waals surface area contributed by atoms with E-state index in [1.54, 1.807) is 36.4 Å². The first-order chi connectivity index (χ1) is 12.0. The monoisotopic (exact) mass is 341 g/mol. The molecule has 0 spiro atoms. The number of carbonyl (C=O) groups is 2. The number of rotatable bonds is 7. The molecule has 1 amide bonds. The molecule has 0 aliphatic carbocycles. The maximum atomic E-state index is 12.3. The van der Waals surface area contributed by atoms with Crippen LogP contribution < -0.4 is 10.1 Å². The normalized spacial score (nSPS) is 11.7. The second kappa shape index (κ2) is 8.87. The number of hydrogen-bond donors (Lipinski definition) is 1. The lowest BCUT2D eigenvalue weighted by Crippen LogP contribution is -2.38. The Kier molecular flexibility index (Phi) is 6.57. The van der Waals surface area contributed by atoms with Crippen LogP contribution in [0.25, 0.3) is 0 Å². The molecule has 0 radical (unpaired) electrons. The van der Waals surface area contributed by atoms with Crippen molar-refractivity contribution >= 4 is 11.9 Å². The molecule has 2 rings (SSSR count). The molecule has 5 heteroatoms. The van der Waals surface area contributed by atoms with E-state index in [0.717, 1.165) is 0 Å². The maximum absolute atomic E-state index is 12.3. The minimum Gasteiger partial charge on any atom is -0.456 e. The Hall–Kier alpha value is -2.82. The molecule has 0 heterocycles. The number of nitrogens with one attached hydrogen (secondary N) is 1. The van der Waals surface area contributed by atoms with E-state index in [2.05, 4.69) is 5.32 Å². The molecule has 0 saturated heterocycles. The summed E-state index contributed by atoms with van der Waals surface area (Å²) in [6.45, 7) is 5.60. The van der Waals surface area contributed by atoms with Gasteiger partial charge in [0.05, 0.1) is 0 Å². The minimum atomic E-state index is -0.598. The van der Waals surface area contributed by atoms with E-state index in [4.69, 9.17) is 9.47 Å².